The summed E-state index contributed by atoms with van der Waals surface area (Å²) in [5.74, 6) is -3.46. The van der Waals surface area contributed by atoms with Gasteiger partial charge in [0.1, 0.15) is 24.4 Å². The number of esters is 4. The summed E-state index contributed by atoms with van der Waals surface area (Å²) in [4.78, 5) is 70.7. The van der Waals surface area contributed by atoms with E-state index in [-0.39, 0.29) is 121 Å². The number of allylic oxidation sites excluding steroid dienone is 9. The second kappa shape index (κ2) is 36.2. The van der Waals surface area contributed by atoms with Crippen LogP contribution < -0.4 is 5.11 Å². The predicted octanol–water partition coefficient (Wildman–Crippen LogP) is 7.20. The average molecular weight is 1300 g/mol. The zero-order chi connectivity index (χ0) is 68.6. The van der Waals surface area contributed by atoms with Crippen LogP contribution in [0.25, 0.3) is 0 Å². The second-order valence-corrected chi connectivity index (χ2v) is 28.6. The Kier molecular flexibility index (Phi) is 30.5. The number of cyclic esters (lactones) is 1. The molecule has 0 saturated carbocycles. The molecule has 7 aliphatic rings. The van der Waals surface area contributed by atoms with E-state index in [1.807, 2.05) is 0 Å². The molecule has 27 atom stereocenters. The topological polar surface area (TPSA) is 344 Å². The molecule has 20 nitrogen and oxygen atoms in total. The van der Waals surface area contributed by atoms with Gasteiger partial charge >= 0.3 is 29.8 Å². The molecule has 6 aliphatic carbocycles. The molecule has 20 heteroatoms. The molecule has 0 aromatic rings. The van der Waals surface area contributed by atoms with Gasteiger partial charge in [-0.25, -0.2) is 0 Å². The van der Waals surface area contributed by atoms with Crippen LogP contribution in [-0.4, -0.2) is 155 Å². The minimum Gasteiger partial charge on any atom is -0.550 e. The third-order valence-corrected chi connectivity index (χ3v) is 20.5. The molecule has 7 rings (SSSR count). The van der Waals surface area contributed by atoms with Gasteiger partial charge in [0.15, 0.2) is 0 Å². The van der Waals surface area contributed by atoms with Gasteiger partial charge in [0.25, 0.3) is 0 Å². The van der Waals surface area contributed by atoms with E-state index in [2.05, 4.69) is 96.2 Å². The maximum absolute atomic E-state index is 12.6. The van der Waals surface area contributed by atoms with Crippen LogP contribution in [-0.2, 0) is 47.7 Å². The highest BCUT2D eigenvalue weighted by atomic mass is 16.6. The maximum atomic E-state index is 12.6. The van der Waals surface area contributed by atoms with E-state index in [0.29, 0.717) is 63.2 Å². The van der Waals surface area contributed by atoms with Crippen LogP contribution in [0, 0.1) is 88.8 Å². The lowest BCUT2D eigenvalue weighted by molar-refractivity contribution is -0.307. The minimum atomic E-state index is -1.34. The Morgan fingerprint density at radius 1 is 0.511 bits per heavy atom. The van der Waals surface area contributed by atoms with Crippen LogP contribution in [0.1, 0.15) is 179 Å². The van der Waals surface area contributed by atoms with Gasteiger partial charge in [0, 0.05) is 36.6 Å². The number of hydrogen-bond donors (Lipinski definition) is 9. The molecule has 0 amide bonds. The Morgan fingerprint density at radius 2 is 0.848 bits per heavy atom. The SMILES string of the molecule is CC(O)[C@H](C)C(=O)O[C@H]1C[C@@H](C)C=C2C=C[C@H](C)[C@H](CC[C@@H](O)C[C@@H](O)CC(=O)O)[C@H]21.CC(O)[C@H](C)C(=O)O[C@H]1C[C@@H](C)C=C2C=C[C@H](C)[C@H](CC[C@@H](O)C[C@@H](O)CC(=O)[O-])[C@H]21.CC(O)[C@H](C)C(=O)O[C@H]1C[C@@H](C)C=C2C=C[C@H](C)[C@H](CC[C@@H]3C[C@@H](O)CC(=O)O3)[C@H]21. The number of aliphatic hydroxyl groups is 8. The maximum Gasteiger partial charge on any atom is 0.311 e. The first-order valence-corrected chi connectivity index (χ1v) is 34.0. The van der Waals surface area contributed by atoms with E-state index in [1.165, 1.54) is 5.57 Å². The van der Waals surface area contributed by atoms with Gasteiger partial charge in [-0.3, -0.25) is 24.0 Å². The van der Waals surface area contributed by atoms with E-state index in [9.17, 15) is 74.7 Å². The Balaban J connectivity index is 0.000000250. The summed E-state index contributed by atoms with van der Waals surface area (Å²) in [6.07, 6.45) is 17.3. The summed E-state index contributed by atoms with van der Waals surface area (Å²) in [5.41, 5.74) is 3.49. The normalized spacial score (nSPS) is 33.8. The number of fused-ring (bicyclic) bond motifs is 3. The summed E-state index contributed by atoms with van der Waals surface area (Å²) < 4.78 is 23.2. The fourth-order valence-electron chi connectivity index (χ4n) is 14.6. The molecule has 0 bridgehead atoms. The van der Waals surface area contributed by atoms with Crippen molar-refractivity contribution >= 4 is 35.8 Å². The lowest BCUT2D eigenvalue weighted by Crippen LogP contribution is -2.42. The Hall–Kier alpha value is -5.06. The van der Waals surface area contributed by atoms with Gasteiger partial charge in [-0.15, -0.1) is 0 Å². The van der Waals surface area contributed by atoms with E-state index in [0.717, 1.165) is 24.0 Å². The smallest absolute Gasteiger partial charge is 0.311 e. The number of hydrogen-bond acceptors (Lipinski definition) is 19. The molecule has 0 aromatic heterocycles. The number of carbonyl (C=O) groups excluding carboxylic acids is 5. The number of carbonyl (C=O) groups is 6. The number of carboxylic acids is 2. The lowest BCUT2D eigenvalue weighted by atomic mass is 9.65. The highest BCUT2D eigenvalue weighted by molar-refractivity contribution is 5.74. The summed E-state index contributed by atoms with van der Waals surface area (Å²) >= 11 is 0. The summed E-state index contributed by atoms with van der Waals surface area (Å²) in [6, 6.07) is 0. The van der Waals surface area contributed by atoms with Crippen LogP contribution in [0.5, 0.6) is 0 Å². The fourth-order valence-corrected chi connectivity index (χ4v) is 14.6. The van der Waals surface area contributed by atoms with Crippen molar-refractivity contribution in [3.63, 3.8) is 0 Å². The standard InChI is InChI=1S/2C24H38O7.C24H36O6/c2*1-13-9-17-6-5-14(2)20(8-7-18(26)11-19(27)12-22(28)29)23(17)21(10-13)31-24(30)15(3)16(4)25;1-13-9-17-6-5-14(2)20(8-7-19-11-18(26)12-22(27)29-19)23(17)21(10-13)30-24(28)15(3)16(4)25/h2*5-6,9,13-16,18-21,23,25-27H,7-8,10-12H2,1-4H3,(H,28,29);5-6,9,13-16,18-21,23,25-26H,7-8,10-12H2,1-4H3/p-1/t3*13-,14-,15-,16?,18+,19+,20-,21-,23-/m000/s1. The van der Waals surface area contributed by atoms with Gasteiger partial charge in [0.05, 0.1) is 79.4 Å². The lowest BCUT2D eigenvalue weighted by Gasteiger charge is -2.43. The van der Waals surface area contributed by atoms with Crippen LogP contribution in [0.2, 0.25) is 0 Å². The Bertz CT molecular complexity index is 2500. The highest BCUT2D eigenvalue weighted by Crippen LogP contribution is 2.48. The monoisotopic (exact) mass is 1300 g/mol. The molecule has 92 heavy (non-hydrogen) atoms. The third kappa shape index (κ3) is 23.1. The largest absolute Gasteiger partial charge is 0.550 e. The van der Waals surface area contributed by atoms with Crippen LogP contribution in [0.3, 0.4) is 0 Å². The van der Waals surface area contributed by atoms with Crippen molar-refractivity contribution in [2.45, 2.75) is 253 Å². The van der Waals surface area contributed by atoms with Crippen molar-refractivity contribution in [3.8, 4) is 0 Å². The molecule has 1 fully saturated rings. The molecule has 1 aliphatic heterocycles. The Labute approximate surface area is 545 Å². The van der Waals surface area contributed by atoms with Crippen molar-refractivity contribution in [2.75, 3.05) is 0 Å². The van der Waals surface area contributed by atoms with Gasteiger partial charge in [-0.1, -0.05) is 96.2 Å². The van der Waals surface area contributed by atoms with Gasteiger partial charge in [-0.2, -0.15) is 0 Å². The van der Waals surface area contributed by atoms with E-state index in [4.69, 9.17) is 24.1 Å². The Morgan fingerprint density at radius 3 is 1.16 bits per heavy atom. The number of aliphatic carboxylic acids is 2. The zero-order valence-electron chi connectivity index (χ0n) is 56.4. The summed E-state index contributed by atoms with van der Waals surface area (Å²) in [7, 11) is 0. The summed E-state index contributed by atoms with van der Waals surface area (Å²) in [6.45, 7) is 22.5. The van der Waals surface area contributed by atoms with E-state index in [1.54, 1.807) is 41.5 Å². The first-order chi connectivity index (χ1) is 43.1. The van der Waals surface area contributed by atoms with Crippen molar-refractivity contribution in [3.05, 3.63) is 71.4 Å². The van der Waals surface area contributed by atoms with E-state index < -0.39 is 96.9 Å². The predicted molar refractivity (Wildman–Crippen MR) is 342 cm³/mol. The van der Waals surface area contributed by atoms with Gasteiger partial charge < -0.3 is 74.8 Å². The number of carboxylic acid groups (broad SMARTS) is 2. The molecule has 1 saturated heterocycles. The van der Waals surface area contributed by atoms with Gasteiger partial charge in [-0.05, 0) is 182 Å². The zero-order valence-corrected chi connectivity index (χ0v) is 56.4. The van der Waals surface area contributed by atoms with Gasteiger partial charge in [0.2, 0.25) is 0 Å². The summed E-state index contributed by atoms with van der Waals surface area (Å²) in [5, 5.41) is 98.8. The quantitative estimate of drug-likeness (QED) is 0.0305. The number of rotatable bonds is 26. The first kappa shape index (κ1) is 77.6. The van der Waals surface area contributed by atoms with Crippen molar-refractivity contribution in [1.29, 1.82) is 0 Å². The van der Waals surface area contributed by atoms with Crippen molar-refractivity contribution < 1.29 is 98.8 Å². The molecule has 3 unspecified atom stereocenters. The molecule has 1 heterocycles. The molecule has 0 aromatic carbocycles. The third-order valence-electron chi connectivity index (χ3n) is 20.5. The fraction of sp³-hybridized carbons (Fsp3) is 0.750. The first-order valence-electron chi connectivity index (χ1n) is 34.0. The molecule has 0 radical (unpaired) electrons. The molecule has 0 spiro atoms. The average Bonchev–Trinajstić information content (AvgIpc) is 0.815. The molecule has 520 valence electrons. The van der Waals surface area contributed by atoms with Crippen LogP contribution >= 0.6 is 0 Å². The van der Waals surface area contributed by atoms with Crippen LogP contribution in [0.4, 0.5) is 0 Å². The number of ether oxygens (including phenoxy) is 4. The molecular weight excluding hydrogens is 1180 g/mol. The molecule has 9 N–H and O–H groups in total. The van der Waals surface area contributed by atoms with Crippen LogP contribution in [0.15, 0.2) is 71.4 Å². The number of aliphatic hydroxyl groups excluding tert-OH is 8. The molecular formula is C72H111O20-. The van der Waals surface area contributed by atoms with E-state index >= 15 is 0 Å². The highest BCUT2D eigenvalue weighted by Gasteiger charge is 2.46. The minimum absolute atomic E-state index is 0.00157. The van der Waals surface area contributed by atoms with Crippen molar-refractivity contribution in [1.82, 2.24) is 0 Å². The second-order valence-electron chi connectivity index (χ2n) is 28.6. The van der Waals surface area contributed by atoms with Crippen molar-refractivity contribution in [2.24, 2.45) is 88.8 Å².